The Morgan fingerprint density at radius 1 is 1.17 bits per heavy atom. The van der Waals surface area contributed by atoms with E-state index < -0.39 is 16.7 Å². The molecule has 1 fully saturated rings. The summed E-state index contributed by atoms with van der Waals surface area (Å²) in [5.41, 5.74) is 0.563. The molecule has 3 rings (SSSR count). The first-order chi connectivity index (χ1) is 11.1. The molecule has 2 aromatic rings. The Morgan fingerprint density at radius 2 is 1.87 bits per heavy atom. The average molecular weight is 316 g/mol. The van der Waals surface area contributed by atoms with E-state index >= 15 is 0 Å². The standard InChI is InChI=1S/C16H16N2O5/c19-16(14-9-10-15(23-14)18(20)21)17-11-5-7-13(8-6-11)22-12-3-1-2-4-12/h5-10,12H,1-4H2,(H,17,19). The molecule has 1 aliphatic rings. The minimum absolute atomic E-state index is 0.108. The fourth-order valence-corrected chi connectivity index (χ4v) is 2.56. The van der Waals surface area contributed by atoms with E-state index in [-0.39, 0.29) is 11.9 Å². The van der Waals surface area contributed by atoms with E-state index in [1.165, 1.54) is 18.9 Å². The van der Waals surface area contributed by atoms with Crippen LogP contribution in [0, 0.1) is 10.1 Å². The molecule has 0 radical (unpaired) electrons. The maximum absolute atomic E-state index is 12.0. The van der Waals surface area contributed by atoms with Crippen LogP contribution < -0.4 is 10.1 Å². The summed E-state index contributed by atoms with van der Waals surface area (Å²) in [7, 11) is 0. The fraction of sp³-hybridized carbons (Fsp3) is 0.312. The zero-order chi connectivity index (χ0) is 16.2. The monoisotopic (exact) mass is 316 g/mol. The Morgan fingerprint density at radius 3 is 2.48 bits per heavy atom. The average Bonchev–Trinajstić information content (AvgIpc) is 3.20. The molecule has 1 saturated carbocycles. The Bertz CT molecular complexity index is 702. The highest BCUT2D eigenvalue weighted by Gasteiger charge is 2.18. The first-order valence-electron chi connectivity index (χ1n) is 7.44. The van der Waals surface area contributed by atoms with Crippen molar-refractivity contribution in [1.82, 2.24) is 0 Å². The lowest BCUT2D eigenvalue weighted by atomic mass is 10.2. The minimum atomic E-state index is -0.689. The lowest BCUT2D eigenvalue weighted by Gasteiger charge is -2.13. The molecular weight excluding hydrogens is 300 g/mol. The van der Waals surface area contributed by atoms with Crippen molar-refractivity contribution in [3.05, 3.63) is 52.3 Å². The van der Waals surface area contributed by atoms with Crippen molar-refractivity contribution in [2.24, 2.45) is 0 Å². The van der Waals surface area contributed by atoms with Crippen LogP contribution in [0.3, 0.4) is 0 Å². The van der Waals surface area contributed by atoms with Gasteiger partial charge in [-0.1, -0.05) is 0 Å². The zero-order valence-electron chi connectivity index (χ0n) is 12.4. The van der Waals surface area contributed by atoms with Gasteiger partial charge in [-0.2, -0.15) is 0 Å². The van der Waals surface area contributed by atoms with E-state index in [0.717, 1.165) is 24.7 Å². The van der Waals surface area contributed by atoms with Gasteiger partial charge in [0, 0.05) is 5.69 Å². The highest BCUT2D eigenvalue weighted by molar-refractivity contribution is 6.02. The summed E-state index contributed by atoms with van der Waals surface area (Å²) >= 11 is 0. The third-order valence-electron chi connectivity index (χ3n) is 3.71. The van der Waals surface area contributed by atoms with Crippen LogP contribution >= 0.6 is 0 Å². The van der Waals surface area contributed by atoms with Gasteiger partial charge in [-0.15, -0.1) is 0 Å². The summed E-state index contributed by atoms with van der Waals surface area (Å²) in [6.45, 7) is 0. The van der Waals surface area contributed by atoms with Crippen LogP contribution in [0.25, 0.3) is 0 Å². The van der Waals surface area contributed by atoms with Gasteiger partial charge in [0.1, 0.15) is 10.7 Å². The molecule has 1 aromatic carbocycles. The van der Waals surface area contributed by atoms with E-state index in [2.05, 4.69) is 5.32 Å². The summed E-state index contributed by atoms with van der Waals surface area (Å²) in [6, 6.07) is 9.44. The summed E-state index contributed by atoms with van der Waals surface area (Å²) < 4.78 is 10.7. The minimum Gasteiger partial charge on any atom is -0.490 e. The van der Waals surface area contributed by atoms with Crippen molar-refractivity contribution >= 4 is 17.5 Å². The summed E-state index contributed by atoms with van der Waals surface area (Å²) in [6.07, 6.45) is 4.84. The molecule has 0 unspecified atom stereocenters. The van der Waals surface area contributed by atoms with Gasteiger partial charge in [0.05, 0.1) is 12.2 Å². The third kappa shape index (κ3) is 3.68. The highest BCUT2D eigenvalue weighted by Crippen LogP contribution is 2.25. The van der Waals surface area contributed by atoms with Gasteiger partial charge in [0.25, 0.3) is 5.91 Å². The van der Waals surface area contributed by atoms with Gasteiger partial charge in [0.15, 0.2) is 5.76 Å². The lowest BCUT2D eigenvalue weighted by molar-refractivity contribution is -0.402. The molecule has 0 bridgehead atoms. The number of nitrogens with one attached hydrogen (secondary N) is 1. The van der Waals surface area contributed by atoms with Crippen molar-refractivity contribution in [3.63, 3.8) is 0 Å². The second-order valence-electron chi connectivity index (χ2n) is 5.40. The van der Waals surface area contributed by atoms with Crippen molar-refractivity contribution in [2.75, 3.05) is 5.32 Å². The molecule has 23 heavy (non-hydrogen) atoms. The Kier molecular flexibility index (Phi) is 4.27. The Balaban J connectivity index is 1.60. The van der Waals surface area contributed by atoms with Crippen LogP contribution in [0.15, 0.2) is 40.8 Å². The van der Waals surface area contributed by atoms with Gasteiger partial charge in [0.2, 0.25) is 0 Å². The number of nitro groups is 1. The molecular formula is C16H16N2O5. The quantitative estimate of drug-likeness (QED) is 0.669. The number of hydrogen-bond donors (Lipinski definition) is 1. The SMILES string of the molecule is O=C(Nc1ccc(OC2CCCC2)cc1)c1ccc([N+](=O)[O-])o1. The molecule has 1 amide bonds. The summed E-state index contributed by atoms with van der Waals surface area (Å²) in [5.74, 6) is -0.343. The number of benzene rings is 1. The van der Waals surface area contributed by atoms with Gasteiger partial charge in [-0.05, 0) is 56.0 Å². The maximum Gasteiger partial charge on any atom is 0.433 e. The Labute approximate surface area is 132 Å². The molecule has 1 heterocycles. The molecule has 0 atom stereocenters. The predicted octanol–water partition coefficient (Wildman–Crippen LogP) is 3.76. The van der Waals surface area contributed by atoms with E-state index in [9.17, 15) is 14.9 Å². The molecule has 0 spiro atoms. The van der Waals surface area contributed by atoms with Crippen LogP contribution in [0.4, 0.5) is 11.6 Å². The van der Waals surface area contributed by atoms with Crippen molar-refractivity contribution in [2.45, 2.75) is 31.8 Å². The molecule has 7 heteroatoms. The molecule has 7 nitrogen and oxygen atoms in total. The number of anilines is 1. The second-order valence-corrected chi connectivity index (χ2v) is 5.40. The molecule has 0 saturated heterocycles. The number of rotatable bonds is 5. The van der Waals surface area contributed by atoms with Crippen LogP contribution in [-0.4, -0.2) is 16.9 Å². The number of hydrogen-bond acceptors (Lipinski definition) is 5. The van der Waals surface area contributed by atoms with Crippen molar-refractivity contribution in [1.29, 1.82) is 0 Å². The van der Waals surface area contributed by atoms with Crippen LogP contribution in [0.2, 0.25) is 0 Å². The number of nitrogens with zero attached hydrogens (tertiary/aromatic N) is 1. The van der Waals surface area contributed by atoms with E-state index in [0.29, 0.717) is 5.69 Å². The Hall–Kier alpha value is -2.83. The maximum atomic E-state index is 12.0. The smallest absolute Gasteiger partial charge is 0.433 e. The van der Waals surface area contributed by atoms with Gasteiger partial charge in [-0.3, -0.25) is 14.9 Å². The normalized spacial score (nSPS) is 14.6. The number of furan rings is 1. The first-order valence-corrected chi connectivity index (χ1v) is 7.44. The zero-order valence-corrected chi connectivity index (χ0v) is 12.4. The summed E-state index contributed by atoms with van der Waals surface area (Å²) in [5, 5.41) is 13.2. The van der Waals surface area contributed by atoms with Crippen LogP contribution in [0.5, 0.6) is 5.75 Å². The number of carbonyl (C=O) groups is 1. The number of amides is 1. The van der Waals surface area contributed by atoms with Gasteiger partial charge < -0.3 is 14.5 Å². The predicted molar refractivity (Wildman–Crippen MR) is 82.6 cm³/mol. The second kappa shape index (κ2) is 6.51. The molecule has 0 aliphatic heterocycles. The van der Waals surface area contributed by atoms with Gasteiger partial charge in [-0.25, -0.2) is 0 Å². The summed E-state index contributed by atoms with van der Waals surface area (Å²) in [4.78, 5) is 21.8. The molecule has 1 N–H and O–H groups in total. The number of carbonyl (C=O) groups excluding carboxylic acids is 1. The molecule has 120 valence electrons. The van der Waals surface area contributed by atoms with Crippen molar-refractivity contribution in [3.8, 4) is 5.75 Å². The first kappa shape index (κ1) is 15.1. The molecule has 1 aliphatic carbocycles. The van der Waals surface area contributed by atoms with Crippen LogP contribution in [0.1, 0.15) is 36.2 Å². The lowest BCUT2D eigenvalue weighted by Crippen LogP contribution is -2.12. The van der Waals surface area contributed by atoms with E-state index in [1.54, 1.807) is 24.3 Å². The topological polar surface area (TPSA) is 94.6 Å². The largest absolute Gasteiger partial charge is 0.490 e. The van der Waals surface area contributed by atoms with E-state index in [1.807, 2.05) is 0 Å². The highest BCUT2D eigenvalue weighted by atomic mass is 16.6. The number of ether oxygens (including phenoxy) is 1. The van der Waals surface area contributed by atoms with E-state index in [4.69, 9.17) is 9.15 Å². The van der Waals surface area contributed by atoms with Crippen LogP contribution in [-0.2, 0) is 0 Å². The fourth-order valence-electron chi connectivity index (χ4n) is 2.56. The van der Waals surface area contributed by atoms with Gasteiger partial charge >= 0.3 is 5.88 Å². The molecule has 1 aromatic heterocycles. The third-order valence-corrected chi connectivity index (χ3v) is 3.71. The van der Waals surface area contributed by atoms with Crippen molar-refractivity contribution < 1.29 is 18.9 Å².